The maximum atomic E-state index is 6.07. The van der Waals surface area contributed by atoms with E-state index in [1.54, 1.807) is 0 Å². The Kier molecular flexibility index (Phi) is 5.48. The van der Waals surface area contributed by atoms with Crippen molar-refractivity contribution in [3.05, 3.63) is 35.9 Å². The van der Waals surface area contributed by atoms with Crippen LogP contribution >= 0.6 is 0 Å². The van der Waals surface area contributed by atoms with E-state index in [0.717, 1.165) is 19.1 Å². The van der Waals surface area contributed by atoms with Crippen molar-refractivity contribution in [2.75, 3.05) is 19.8 Å². The third-order valence-electron chi connectivity index (χ3n) is 5.71. The van der Waals surface area contributed by atoms with Gasteiger partial charge in [-0.2, -0.15) is 0 Å². The van der Waals surface area contributed by atoms with Crippen molar-refractivity contribution in [3.63, 3.8) is 0 Å². The Hall–Kier alpha value is -0.940. The molecular weight excluding hydrogens is 302 g/mol. The van der Waals surface area contributed by atoms with E-state index in [9.17, 15) is 0 Å². The van der Waals surface area contributed by atoms with Crippen LogP contribution in [0.15, 0.2) is 30.3 Å². The molecule has 4 heteroatoms. The first-order valence-corrected chi connectivity index (χ1v) is 9.52. The lowest BCUT2D eigenvalue weighted by Crippen LogP contribution is -2.43. The van der Waals surface area contributed by atoms with Crippen LogP contribution in [0.1, 0.15) is 37.7 Å². The van der Waals surface area contributed by atoms with E-state index in [4.69, 9.17) is 14.2 Å². The zero-order chi connectivity index (χ0) is 16.2. The summed E-state index contributed by atoms with van der Waals surface area (Å²) in [6.45, 7) is 3.12. The number of fused-ring (bicyclic) bond motifs is 1. The summed E-state index contributed by atoms with van der Waals surface area (Å²) in [5, 5.41) is 3.71. The van der Waals surface area contributed by atoms with Crippen LogP contribution in [0.5, 0.6) is 0 Å². The Bertz CT molecular complexity index is 503. The first-order chi connectivity index (χ1) is 11.9. The molecule has 2 aliphatic heterocycles. The van der Waals surface area contributed by atoms with Gasteiger partial charge in [0.1, 0.15) is 18.3 Å². The summed E-state index contributed by atoms with van der Waals surface area (Å²) in [7, 11) is 0. The molecule has 1 aromatic rings. The highest BCUT2D eigenvalue weighted by atomic mass is 16.6. The van der Waals surface area contributed by atoms with E-state index in [2.05, 4.69) is 17.4 Å². The molecule has 2 heterocycles. The van der Waals surface area contributed by atoms with Gasteiger partial charge in [0.15, 0.2) is 0 Å². The summed E-state index contributed by atoms with van der Waals surface area (Å²) in [5.74, 6) is 0.837. The minimum Gasteiger partial charge on any atom is -0.371 e. The highest BCUT2D eigenvalue weighted by Crippen LogP contribution is 2.30. The Morgan fingerprint density at radius 2 is 1.75 bits per heavy atom. The first-order valence-electron chi connectivity index (χ1n) is 9.52. The van der Waals surface area contributed by atoms with Gasteiger partial charge in [0, 0.05) is 0 Å². The van der Waals surface area contributed by atoms with Crippen molar-refractivity contribution in [1.29, 1.82) is 0 Å². The molecule has 0 unspecified atom stereocenters. The predicted molar refractivity (Wildman–Crippen MR) is 92.9 cm³/mol. The summed E-state index contributed by atoms with van der Waals surface area (Å²) < 4.78 is 18.1. The normalized spacial score (nSPS) is 33.7. The van der Waals surface area contributed by atoms with E-state index in [1.165, 1.54) is 37.7 Å². The highest BCUT2D eigenvalue weighted by molar-refractivity contribution is 5.13. The molecule has 3 aliphatic rings. The molecule has 0 aromatic heterocycles. The van der Waals surface area contributed by atoms with Crippen LogP contribution in [0.25, 0.3) is 0 Å². The molecule has 1 aromatic carbocycles. The van der Waals surface area contributed by atoms with Crippen molar-refractivity contribution in [2.24, 2.45) is 5.92 Å². The average Bonchev–Trinajstić information content (AvgIpc) is 3.22. The van der Waals surface area contributed by atoms with Crippen LogP contribution < -0.4 is 5.32 Å². The topological polar surface area (TPSA) is 39.7 Å². The predicted octanol–water partition coefficient (Wildman–Crippen LogP) is 2.91. The molecule has 132 valence electrons. The Balaban J connectivity index is 1.24. The van der Waals surface area contributed by atoms with Crippen molar-refractivity contribution >= 4 is 0 Å². The Labute approximate surface area is 144 Å². The molecular formula is C20H29NO3. The van der Waals surface area contributed by atoms with Gasteiger partial charge in [-0.05, 0) is 30.9 Å². The molecule has 1 saturated carbocycles. The van der Waals surface area contributed by atoms with E-state index in [0.29, 0.717) is 19.3 Å². The van der Waals surface area contributed by atoms with E-state index >= 15 is 0 Å². The fourth-order valence-electron chi connectivity index (χ4n) is 4.27. The minimum atomic E-state index is 0.0525. The minimum absolute atomic E-state index is 0.0525. The van der Waals surface area contributed by atoms with Gasteiger partial charge in [0.2, 0.25) is 0 Å². The summed E-state index contributed by atoms with van der Waals surface area (Å²) in [6, 6.07) is 10.6. The molecule has 2 saturated heterocycles. The van der Waals surface area contributed by atoms with Gasteiger partial charge < -0.3 is 19.5 Å². The van der Waals surface area contributed by atoms with Crippen LogP contribution in [0, 0.1) is 5.92 Å². The van der Waals surface area contributed by atoms with Gasteiger partial charge in [-0.1, -0.05) is 49.6 Å². The van der Waals surface area contributed by atoms with Crippen molar-refractivity contribution in [3.8, 4) is 0 Å². The van der Waals surface area contributed by atoms with Gasteiger partial charge in [-0.15, -0.1) is 0 Å². The molecule has 4 nitrogen and oxygen atoms in total. The van der Waals surface area contributed by atoms with E-state index in [1.807, 2.05) is 18.2 Å². The van der Waals surface area contributed by atoms with Crippen LogP contribution in [0.4, 0.5) is 0 Å². The monoisotopic (exact) mass is 331 g/mol. The SMILES string of the molecule is c1ccc(CO[C@H]2CO[C@@H]3[C@@H]2OC[C@@H]3NCC2CCCCC2)cc1. The largest absolute Gasteiger partial charge is 0.371 e. The zero-order valence-electron chi connectivity index (χ0n) is 14.4. The molecule has 4 atom stereocenters. The van der Waals surface area contributed by atoms with Crippen molar-refractivity contribution in [1.82, 2.24) is 5.32 Å². The lowest BCUT2D eigenvalue weighted by molar-refractivity contribution is -0.0393. The summed E-state index contributed by atoms with van der Waals surface area (Å²) >= 11 is 0. The number of benzene rings is 1. The molecule has 0 radical (unpaired) electrons. The van der Waals surface area contributed by atoms with Gasteiger partial charge in [-0.25, -0.2) is 0 Å². The third-order valence-corrected chi connectivity index (χ3v) is 5.71. The second-order valence-corrected chi connectivity index (χ2v) is 7.45. The van der Waals surface area contributed by atoms with Crippen molar-refractivity contribution in [2.45, 2.75) is 63.1 Å². The summed E-state index contributed by atoms with van der Waals surface area (Å²) in [5.41, 5.74) is 1.20. The van der Waals surface area contributed by atoms with Gasteiger partial charge in [-0.3, -0.25) is 0 Å². The fraction of sp³-hybridized carbons (Fsp3) is 0.700. The molecule has 4 rings (SSSR count). The first kappa shape index (κ1) is 16.5. The van der Waals surface area contributed by atoms with Crippen LogP contribution in [-0.2, 0) is 20.8 Å². The molecule has 24 heavy (non-hydrogen) atoms. The number of rotatable bonds is 6. The number of hydrogen-bond acceptors (Lipinski definition) is 4. The molecule has 3 fully saturated rings. The maximum Gasteiger partial charge on any atom is 0.114 e. The summed E-state index contributed by atoms with van der Waals surface area (Å²) in [6.07, 6.45) is 7.23. The van der Waals surface area contributed by atoms with Crippen LogP contribution in [-0.4, -0.2) is 44.1 Å². The lowest BCUT2D eigenvalue weighted by Gasteiger charge is -2.25. The van der Waals surface area contributed by atoms with Gasteiger partial charge in [0.05, 0.1) is 25.9 Å². The highest BCUT2D eigenvalue weighted by Gasteiger charge is 2.48. The van der Waals surface area contributed by atoms with Gasteiger partial charge >= 0.3 is 0 Å². The third kappa shape index (κ3) is 3.83. The quantitative estimate of drug-likeness (QED) is 0.870. The standard InChI is InChI=1S/C20H29NO3/c1-3-7-15(8-4-1)11-21-17-13-23-20-18(14-24-19(17)20)22-12-16-9-5-2-6-10-16/h2,5-6,9-10,15,17-21H,1,3-4,7-8,11-14H2/t17-,18-,19-,20+/m0/s1. The molecule has 0 amide bonds. The zero-order valence-corrected chi connectivity index (χ0v) is 14.4. The Morgan fingerprint density at radius 3 is 2.58 bits per heavy atom. The van der Waals surface area contributed by atoms with Crippen LogP contribution in [0.3, 0.4) is 0 Å². The number of ether oxygens (including phenoxy) is 3. The number of hydrogen-bond donors (Lipinski definition) is 1. The van der Waals surface area contributed by atoms with E-state index < -0.39 is 0 Å². The number of nitrogens with one attached hydrogen (secondary N) is 1. The second kappa shape index (κ2) is 7.96. The van der Waals surface area contributed by atoms with Crippen LogP contribution in [0.2, 0.25) is 0 Å². The maximum absolute atomic E-state index is 6.07. The smallest absolute Gasteiger partial charge is 0.114 e. The second-order valence-electron chi connectivity index (χ2n) is 7.45. The lowest BCUT2D eigenvalue weighted by atomic mass is 9.89. The summed E-state index contributed by atoms with van der Waals surface area (Å²) in [4.78, 5) is 0. The van der Waals surface area contributed by atoms with Crippen molar-refractivity contribution < 1.29 is 14.2 Å². The molecule has 0 bridgehead atoms. The average molecular weight is 331 g/mol. The molecule has 0 spiro atoms. The fourth-order valence-corrected chi connectivity index (χ4v) is 4.27. The Morgan fingerprint density at radius 1 is 0.958 bits per heavy atom. The van der Waals surface area contributed by atoms with Gasteiger partial charge in [0.25, 0.3) is 0 Å². The van der Waals surface area contributed by atoms with E-state index in [-0.39, 0.29) is 18.3 Å². The molecule has 1 aliphatic carbocycles. The molecule has 1 N–H and O–H groups in total.